The lowest BCUT2D eigenvalue weighted by Gasteiger charge is -2.16. The predicted octanol–water partition coefficient (Wildman–Crippen LogP) is 4.76. The van der Waals surface area contributed by atoms with E-state index in [-0.39, 0.29) is 32.4 Å². The van der Waals surface area contributed by atoms with Crippen LogP contribution in [-0.4, -0.2) is 42.1 Å². The molecule has 172 valence electrons. The highest BCUT2D eigenvalue weighted by molar-refractivity contribution is 7.82. The molecular formula is C18H17Cl2F4NO4S2. The van der Waals surface area contributed by atoms with Crippen molar-refractivity contribution in [2.75, 3.05) is 19.7 Å². The topological polar surface area (TPSA) is 77.8 Å². The van der Waals surface area contributed by atoms with Crippen LogP contribution >= 0.6 is 23.2 Å². The minimum Gasteiger partial charge on any atom is -0.396 e. The van der Waals surface area contributed by atoms with Crippen LogP contribution in [0.15, 0.2) is 46.2 Å². The van der Waals surface area contributed by atoms with Gasteiger partial charge < -0.3 is 9.66 Å². The lowest BCUT2D eigenvalue weighted by atomic mass is 10.1. The van der Waals surface area contributed by atoms with Gasteiger partial charge in [-0.05, 0) is 48.7 Å². The second-order valence-electron chi connectivity index (χ2n) is 6.44. The van der Waals surface area contributed by atoms with Gasteiger partial charge in [0.15, 0.2) is 11.1 Å². The Kier molecular flexibility index (Phi) is 9.43. The van der Waals surface area contributed by atoms with Gasteiger partial charge in [-0.1, -0.05) is 23.2 Å². The third-order valence-corrected chi connectivity index (χ3v) is 7.20. The number of hydrogen-bond acceptors (Lipinski definition) is 3. The van der Waals surface area contributed by atoms with Crippen molar-refractivity contribution in [1.82, 2.24) is 4.31 Å². The van der Waals surface area contributed by atoms with Crippen LogP contribution in [0.5, 0.6) is 0 Å². The number of rotatable bonds is 4. The molecule has 3 rings (SSSR count). The first kappa shape index (κ1) is 26.2. The van der Waals surface area contributed by atoms with E-state index in [0.717, 1.165) is 24.3 Å². The molecule has 3 unspecified atom stereocenters. The summed E-state index contributed by atoms with van der Waals surface area (Å²) in [6.45, 7) is 0.976. The zero-order valence-corrected chi connectivity index (χ0v) is 18.8. The number of aliphatic hydroxyl groups excluding tert-OH is 1. The summed E-state index contributed by atoms with van der Waals surface area (Å²) in [7, 11) is -1.60. The van der Waals surface area contributed by atoms with E-state index >= 15 is 0 Å². The van der Waals surface area contributed by atoms with Crippen molar-refractivity contribution in [1.29, 1.82) is 0 Å². The molecule has 0 spiro atoms. The monoisotopic (exact) mass is 521 g/mol. The largest absolute Gasteiger partial charge is 0.416 e. The Bertz CT molecular complexity index is 978. The maximum Gasteiger partial charge on any atom is 0.416 e. The second-order valence-corrected chi connectivity index (χ2v) is 9.68. The number of alkyl halides is 3. The molecule has 2 N–H and O–H groups in total. The van der Waals surface area contributed by atoms with E-state index in [4.69, 9.17) is 32.9 Å². The van der Waals surface area contributed by atoms with Gasteiger partial charge in [0, 0.05) is 19.7 Å². The van der Waals surface area contributed by atoms with Gasteiger partial charge in [-0.25, -0.2) is 17.1 Å². The number of aliphatic hydroxyl groups is 1. The molecule has 13 heteroatoms. The Morgan fingerprint density at radius 2 is 1.77 bits per heavy atom. The minimum absolute atomic E-state index is 0.00639. The molecule has 1 aliphatic heterocycles. The van der Waals surface area contributed by atoms with Crippen LogP contribution in [0.3, 0.4) is 0 Å². The summed E-state index contributed by atoms with van der Waals surface area (Å²) < 4.78 is 82.9. The van der Waals surface area contributed by atoms with Crippen molar-refractivity contribution in [3.05, 3.63) is 57.8 Å². The molecule has 0 saturated carbocycles. The summed E-state index contributed by atoms with van der Waals surface area (Å²) in [5.74, 6) is -0.640. The summed E-state index contributed by atoms with van der Waals surface area (Å²) in [4.78, 5) is 0.171. The molecule has 2 aromatic rings. The molecule has 1 saturated heterocycles. The number of benzene rings is 2. The van der Waals surface area contributed by atoms with Gasteiger partial charge in [-0.3, -0.25) is 0 Å². The maximum absolute atomic E-state index is 12.6. The van der Waals surface area contributed by atoms with Crippen molar-refractivity contribution in [2.24, 2.45) is 5.92 Å². The summed E-state index contributed by atoms with van der Waals surface area (Å²) in [6.07, 6.45) is -3.76. The summed E-state index contributed by atoms with van der Waals surface area (Å²) in [6, 6.07) is 6.26. The molecule has 1 heterocycles. The normalized spacial score (nSPS) is 18.9. The van der Waals surface area contributed by atoms with Crippen molar-refractivity contribution < 1.29 is 35.6 Å². The highest BCUT2D eigenvalue weighted by Gasteiger charge is 2.32. The number of nitrogens with zero attached hydrogens (tertiary/aromatic N) is 1. The van der Waals surface area contributed by atoms with E-state index in [1.54, 1.807) is 4.31 Å². The molecular weight excluding hydrogens is 505 g/mol. The molecule has 31 heavy (non-hydrogen) atoms. The average Bonchev–Trinajstić information content (AvgIpc) is 3.18. The first-order chi connectivity index (χ1) is 14.4. The maximum atomic E-state index is 12.6. The van der Waals surface area contributed by atoms with Gasteiger partial charge in [0.1, 0.15) is 16.8 Å². The molecule has 1 aliphatic rings. The van der Waals surface area contributed by atoms with Gasteiger partial charge in [0.2, 0.25) is 0 Å². The van der Waals surface area contributed by atoms with Crippen LogP contribution in [0.25, 0.3) is 0 Å². The van der Waals surface area contributed by atoms with Gasteiger partial charge in [0.25, 0.3) is 0 Å². The van der Waals surface area contributed by atoms with Crippen molar-refractivity contribution in [2.45, 2.75) is 22.4 Å². The van der Waals surface area contributed by atoms with Crippen LogP contribution in [0.2, 0.25) is 10.0 Å². The fourth-order valence-electron chi connectivity index (χ4n) is 2.64. The van der Waals surface area contributed by atoms with Crippen LogP contribution in [0, 0.1) is 11.7 Å². The molecule has 0 aromatic heterocycles. The Morgan fingerprint density at radius 3 is 2.26 bits per heavy atom. The molecule has 0 amide bonds. The molecule has 0 radical (unpaired) electrons. The zero-order valence-electron chi connectivity index (χ0n) is 15.6. The predicted molar refractivity (Wildman–Crippen MR) is 110 cm³/mol. The van der Waals surface area contributed by atoms with Gasteiger partial charge >= 0.3 is 6.18 Å². The standard InChI is InChI=1S/C12H13ClF3NO2S.C6H4ClFO2S/c13-10-5-9(12(14,15)16)1-2-11(10)20(19)17-4-3-8(6-17)7-18;7-5-2-1-4(11(9)10)3-6(5)8/h1-2,5,8,18H,3-4,6-7H2;1-3H,(H,9,10). The van der Waals surface area contributed by atoms with E-state index in [9.17, 15) is 26.0 Å². The van der Waals surface area contributed by atoms with E-state index < -0.39 is 39.6 Å². The second kappa shape index (κ2) is 11.2. The summed E-state index contributed by atoms with van der Waals surface area (Å²) in [5.41, 5.74) is -0.863. The lowest BCUT2D eigenvalue weighted by molar-refractivity contribution is -0.137. The molecule has 0 bridgehead atoms. The molecule has 1 fully saturated rings. The SMILES string of the molecule is O=S(O)c1ccc(Cl)c(F)c1.O=S(c1ccc(C(F)(F)F)cc1Cl)N1CCC(CO)C1. The lowest BCUT2D eigenvalue weighted by Crippen LogP contribution is -2.24. The number of halogens is 6. The van der Waals surface area contributed by atoms with Gasteiger partial charge in [-0.2, -0.15) is 13.2 Å². The van der Waals surface area contributed by atoms with Crippen LogP contribution in [0.4, 0.5) is 17.6 Å². The highest BCUT2D eigenvalue weighted by atomic mass is 35.5. The van der Waals surface area contributed by atoms with Crippen LogP contribution in [-0.2, 0) is 28.2 Å². The molecule has 2 aromatic carbocycles. The first-order valence-electron chi connectivity index (χ1n) is 8.64. The van der Waals surface area contributed by atoms with Gasteiger partial charge in [0.05, 0.1) is 25.4 Å². The summed E-state index contributed by atoms with van der Waals surface area (Å²) in [5, 5.41) is 8.82. The third-order valence-electron chi connectivity index (χ3n) is 4.28. The fraction of sp³-hybridized carbons (Fsp3) is 0.333. The van der Waals surface area contributed by atoms with E-state index in [1.165, 1.54) is 12.1 Å². The van der Waals surface area contributed by atoms with Crippen LogP contribution < -0.4 is 0 Å². The molecule has 3 atom stereocenters. The van der Waals surface area contributed by atoms with Gasteiger partial charge in [-0.15, -0.1) is 0 Å². The Morgan fingerprint density at radius 1 is 1.10 bits per heavy atom. The van der Waals surface area contributed by atoms with Crippen molar-refractivity contribution >= 4 is 45.3 Å². The third kappa shape index (κ3) is 7.21. The van der Waals surface area contributed by atoms with E-state index in [1.807, 2.05) is 0 Å². The van der Waals surface area contributed by atoms with E-state index in [0.29, 0.717) is 19.5 Å². The fourth-order valence-corrected chi connectivity index (χ4v) is 4.83. The quantitative estimate of drug-likeness (QED) is 0.449. The highest BCUT2D eigenvalue weighted by Crippen LogP contribution is 2.34. The Balaban J connectivity index is 0.000000262. The Hall–Kier alpha value is -1.08. The van der Waals surface area contributed by atoms with E-state index in [2.05, 4.69) is 0 Å². The molecule has 0 aliphatic carbocycles. The smallest absolute Gasteiger partial charge is 0.396 e. The van der Waals surface area contributed by atoms with Crippen LogP contribution in [0.1, 0.15) is 12.0 Å². The van der Waals surface area contributed by atoms with Crippen molar-refractivity contribution in [3.8, 4) is 0 Å². The minimum atomic E-state index is -4.47. The average molecular weight is 522 g/mol. The number of hydrogen-bond donors (Lipinski definition) is 2. The molecule has 5 nitrogen and oxygen atoms in total. The first-order valence-corrected chi connectivity index (χ1v) is 11.6. The Labute approximate surface area is 190 Å². The zero-order chi connectivity index (χ0) is 23.3. The summed E-state index contributed by atoms with van der Waals surface area (Å²) >= 11 is 8.99. The van der Waals surface area contributed by atoms with Crippen molar-refractivity contribution in [3.63, 3.8) is 0 Å².